The molecule has 0 aliphatic carbocycles. The Hall–Kier alpha value is -2.57. The van der Waals surface area contributed by atoms with Gasteiger partial charge in [0.25, 0.3) is 5.91 Å². The van der Waals surface area contributed by atoms with Crippen LogP contribution in [0.1, 0.15) is 10.4 Å². The summed E-state index contributed by atoms with van der Waals surface area (Å²) in [4.78, 5) is 25.3. The first-order valence-corrected chi connectivity index (χ1v) is 7.57. The monoisotopic (exact) mass is 317 g/mol. The van der Waals surface area contributed by atoms with E-state index in [1.807, 2.05) is 0 Å². The average molecular weight is 317 g/mol. The number of nitrogens with zero attached hydrogens (tertiary/aromatic N) is 4. The Morgan fingerprint density at radius 3 is 2.57 bits per heavy atom. The number of benzene rings is 1. The molecule has 2 heterocycles. The Morgan fingerprint density at radius 1 is 1.26 bits per heavy atom. The Labute approximate surface area is 134 Å². The standard InChI is InChI=1S/C16H20FN5O/c1-20(2)14-4-3-12(11-13(14)17)15(23)21-7-9-22(10-8-21)16-18-5-6-19-16/h3-6,11H,7-10H2,1-2H3,(H,18,19). The van der Waals surface area contributed by atoms with E-state index >= 15 is 0 Å². The summed E-state index contributed by atoms with van der Waals surface area (Å²) in [5, 5.41) is 0. The van der Waals surface area contributed by atoms with E-state index in [4.69, 9.17) is 0 Å². The molecule has 0 atom stereocenters. The smallest absolute Gasteiger partial charge is 0.254 e. The molecule has 1 aromatic carbocycles. The van der Waals surface area contributed by atoms with Crippen LogP contribution in [0.25, 0.3) is 0 Å². The molecule has 1 saturated heterocycles. The zero-order valence-electron chi connectivity index (χ0n) is 13.3. The molecule has 122 valence electrons. The molecule has 6 nitrogen and oxygen atoms in total. The second-order valence-electron chi connectivity index (χ2n) is 5.75. The number of H-pyrrole nitrogens is 1. The molecule has 1 aliphatic rings. The van der Waals surface area contributed by atoms with Gasteiger partial charge in [-0.1, -0.05) is 0 Å². The van der Waals surface area contributed by atoms with Crippen molar-refractivity contribution in [3.05, 3.63) is 42.0 Å². The fourth-order valence-electron chi connectivity index (χ4n) is 2.74. The van der Waals surface area contributed by atoms with Crippen LogP contribution in [0.3, 0.4) is 0 Å². The predicted molar refractivity (Wildman–Crippen MR) is 87.4 cm³/mol. The van der Waals surface area contributed by atoms with Crippen LogP contribution < -0.4 is 9.80 Å². The number of anilines is 2. The van der Waals surface area contributed by atoms with Crippen LogP contribution in [0, 0.1) is 5.82 Å². The maximum Gasteiger partial charge on any atom is 0.254 e. The van der Waals surface area contributed by atoms with Gasteiger partial charge in [-0.25, -0.2) is 9.37 Å². The number of aromatic amines is 1. The number of nitrogens with one attached hydrogen (secondary N) is 1. The molecule has 1 aromatic heterocycles. The van der Waals surface area contributed by atoms with Gasteiger partial charge in [-0.05, 0) is 18.2 Å². The van der Waals surface area contributed by atoms with Gasteiger partial charge < -0.3 is 19.7 Å². The first-order valence-electron chi connectivity index (χ1n) is 7.57. The molecule has 1 aliphatic heterocycles. The first-order chi connectivity index (χ1) is 11.1. The minimum absolute atomic E-state index is 0.131. The van der Waals surface area contributed by atoms with Crippen molar-refractivity contribution in [1.82, 2.24) is 14.9 Å². The van der Waals surface area contributed by atoms with E-state index in [0.717, 1.165) is 5.95 Å². The highest BCUT2D eigenvalue weighted by molar-refractivity contribution is 5.94. The minimum atomic E-state index is -0.380. The second-order valence-corrected chi connectivity index (χ2v) is 5.75. The maximum absolute atomic E-state index is 14.0. The average Bonchev–Trinajstić information content (AvgIpc) is 3.08. The van der Waals surface area contributed by atoms with E-state index in [-0.39, 0.29) is 11.7 Å². The highest BCUT2D eigenvalue weighted by atomic mass is 19.1. The summed E-state index contributed by atoms with van der Waals surface area (Å²) < 4.78 is 14.0. The Bertz CT molecular complexity index is 678. The first kappa shape index (κ1) is 15.3. The molecule has 0 unspecified atom stereocenters. The van der Waals surface area contributed by atoms with Crippen LogP contribution in [-0.2, 0) is 0 Å². The third kappa shape index (κ3) is 3.13. The van der Waals surface area contributed by atoms with Crippen molar-refractivity contribution in [1.29, 1.82) is 0 Å². The minimum Gasteiger partial charge on any atom is -0.375 e. The van der Waals surface area contributed by atoms with Crippen LogP contribution in [0.4, 0.5) is 16.0 Å². The van der Waals surface area contributed by atoms with E-state index in [0.29, 0.717) is 37.4 Å². The van der Waals surface area contributed by atoms with E-state index in [1.165, 1.54) is 6.07 Å². The summed E-state index contributed by atoms with van der Waals surface area (Å²) in [6.45, 7) is 2.60. The number of carbonyl (C=O) groups excluding carboxylic acids is 1. The number of piperazine rings is 1. The van der Waals surface area contributed by atoms with Gasteiger partial charge >= 0.3 is 0 Å². The molecule has 0 radical (unpaired) electrons. The third-order valence-corrected chi connectivity index (χ3v) is 4.03. The normalized spacial score (nSPS) is 14.9. The number of carbonyl (C=O) groups is 1. The van der Waals surface area contributed by atoms with Gasteiger partial charge in [0.15, 0.2) is 0 Å². The lowest BCUT2D eigenvalue weighted by Crippen LogP contribution is -2.49. The molecule has 0 spiro atoms. The van der Waals surface area contributed by atoms with Crippen LogP contribution >= 0.6 is 0 Å². The van der Waals surface area contributed by atoms with Gasteiger partial charge in [0, 0.05) is 58.2 Å². The lowest BCUT2D eigenvalue weighted by atomic mass is 10.1. The molecule has 23 heavy (non-hydrogen) atoms. The summed E-state index contributed by atoms with van der Waals surface area (Å²) in [5.41, 5.74) is 0.865. The zero-order chi connectivity index (χ0) is 16.4. The number of imidazole rings is 1. The van der Waals surface area contributed by atoms with Crippen molar-refractivity contribution in [3.8, 4) is 0 Å². The predicted octanol–water partition coefficient (Wildman–Crippen LogP) is 1.58. The number of hydrogen-bond acceptors (Lipinski definition) is 4. The maximum atomic E-state index is 14.0. The molecule has 1 N–H and O–H groups in total. The SMILES string of the molecule is CN(C)c1ccc(C(=O)N2CCN(c3ncc[nH]3)CC2)cc1F. The highest BCUT2D eigenvalue weighted by Gasteiger charge is 2.23. The van der Waals surface area contributed by atoms with E-state index in [9.17, 15) is 9.18 Å². The van der Waals surface area contributed by atoms with Crippen molar-refractivity contribution in [2.45, 2.75) is 0 Å². The van der Waals surface area contributed by atoms with E-state index in [2.05, 4.69) is 14.9 Å². The van der Waals surface area contributed by atoms with E-state index in [1.54, 1.807) is 48.4 Å². The van der Waals surface area contributed by atoms with Gasteiger partial charge in [0.2, 0.25) is 5.95 Å². The van der Waals surface area contributed by atoms with Crippen molar-refractivity contribution < 1.29 is 9.18 Å². The zero-order valence-corrected chi connectivity index (χ0v) is 13.3. The fraction of sp³-hybridized carbons (Fsp3) is 0.375. The molecule has 0 bridgehead atoms. The molecular formula is C16H20FN5O. The van der Waals surface area contributed by atoms with Gasteiger partial charge in [-0.3, -0.25) is 4.79 Å². The fourth-order valence-corrected chi connectivity index (χ4v) is 2.74. The van der Waals surface area contributed by atoms with Crippen LogP contribution in [-0.4, -0.2) is 61.0 Å². The Kier molecular flexibility index (Phi) is 4.18. The second kappa shape index (κ2) is 6.28. The van der Waals surface area contributed by atoms with Crippen molar-refractivity contribution >= 4 is 17.5 Å². The van der Waals surface area contributed by atoms with Crippen LogP contribution in [0.5, 0.6) is 0 Å². The Balaban J connectivity index is 1.66. The molecule has 7 heteroatoms. The van der Waals surface area contributed by atoms with E-state index < -0.39 is 0 Å². The summed E-state index contributed by atoms with van der Waals surface area (Å²) in [5.74, 6) is 0.307. The van der Waals surface area contributed by atoms with Crippen LogP contribution in [0.15, 0.2) is 30.6 Å². The summed E-state index contributed by atoms with van der Waals surface area (Å²) in [6, 6.07) is 4.64. The molecule has 1 amide bonds. The summed E-state index contributed by atoms with van der Waals surface area (Å²) in [6.07, 6.45) is 3.49. The quantitative estimate of drug-likeness (QED) is 0.934. The lowest BCUT2D eigenvalue weighted by molar-refractivity contribution is 0.0746. The molecule has 2 aromatic rings. The lowest BCUT2D eigenvalue weighted by Gasteiger charge is -2.34. The highest BCUT2D eigenvalue weighted by Crippen LogP contribution is 2.20. The number of hydrogen-bond donors (Lipinski definition) is 1. The third-order valence-electron chi connectivity index (χ3n) is 4.03. The number of rotatable bonds is 3. The van der Waals surface area contributed by atoms with Gasteiger partial charge in [-0.2, -0.15) is 0 Å². The molecule has 0 saturated carbocycles. The van der Waals surface area contributed by atoms with Gasteiger partial charge in [0.05, 0.1) is 5.69 Å². The topological polar surface area (TPSA) is 55.5 Å². The van der Waals surface area contributed by atoms with Gasteiger partial charge in [0.1, 0.15) is 5.82 Å². The molecule has 3 rings (SSSR count). The summed E-state index contributed by atoms with van der Waals surface area (Å²) >= 11 is 0. The molecular weight excluding hydrogens is 297 g/mol. The van der Waals surface area contributed by atoms with Crippen LogP contribution in [0.2, 0.25) is 0 Å². The number of aromatic nitrogens is 2. The Morgan fingerprint density at radius 2 is 2.00 bits per heavy atom. The van der Waals surface area contributed by atoms with Gasteiger partial charge in [-0.15, -0.1) is 0 Å². The largest absolute Gasteiger partial charge is 0.375 e. The number of halogens is 1. The summed E-state index contributed by atoms with van der Waals surface area (Å²) in [7, 11) is 3.54. The van der Waals surface area contributed by atoms with Crippen molar-refractivity contribution in [2.24, 2.45) is 0 Å². The van der Waals surface area contributed by atoms with Crippen molar-refractivity contribution in [2.75, 3.05) is 50.1 Å². The number of amides is 1. The van der Waals surface area contributed by atoms with Crippen molar-refractivity contribution in [3.63, 3.8) is 0 Å². The molecule has 1 fully saturated rings.